The molecule has 1 aliphatic carbocycles. The van der Waals surface area contributed by atoms with Crippen LogP contribution < -0.4 is 0 Å². The maximum absolute atomic E-state index is 11.8. The lowest BCUT2D eigenvalue weighted by Crippen LogP contribution is -2.33. The quantitative estimate of drug-likeness (QED) is 0.406. The van der Waals surface area contributed by atoms with Gasteiger partial charge in [-0.1, -0.05) is 26.8 Å². The second kappa shape index (κ2) is 7.49. The Morgan fingerprint density at radius 3 is 2.88 bits per heavy atom. The van der Waals surface area contributed by atoms with Crippen LogP contribution >= 0.6 is 0 Å². The average Bonchev–Trinajstić information content (AvgIpc) is 2.31. The van der Waals surface area contributed by atoms with Crippen molar-refractivity contribution in [2.75, 3.05) is 13.2 Å². The fourth-order valence-electron chi connectivity index (χ4n) is 2.48. The molecular formula is C14H24O3. The van der Waals surface area contributed by atoms with Crippen molar-refractivity contribution in [3.63, 3.8) is 0 Å². The maximum atomic E-state index is 11.8. The van der Waals surface area contributed by atoms with Crippen molar-refractivity contribution < 1.29 is 14.3 Å². The van der Waals surface area contributed by atoms with Gasteiger partial charge in [0.25, 0.3) is 0 Å². The molecule has 0 N–H and O–H groups in total. The van der Waals surface area contributed by atoms with Crippen LogP contribution in [-0.2, 0) is 14.3 Å². The first-order valence-electron chi connectivity index (χ1n) is 6.58. The van der Waals surface area contributed by atoms with E-state index in [0.717, 1.165) is 25.9 Å². The normalized spacial score (nSPS) is 28.7. The molecule has 17 heavy (non-hydrogen) atoms. The number of rotatable bonds is 6. The molecule has 0 aliphatic heterocycles. The zero-order valence-corrected chi connectivity index (χ0v) is 11.0. The van der Waals surface area contributed by atoms with Gasteiger partial charge in [-0.25, -0.2) is 0 Å². The first-order valence-corrected chi connectivity index (χ1v) is 6.58. The van der Waals surface area contributed by atoms with Crippen LogP contribution in [0.3, 0.4) is 0 Å². The Kier molecular flexibility index (Phi) is 6.27. The molecule has 3 heteroatoms. The van der Waals surface area contributed by atoms with Crippen molar-refractivity contribution in [3.05, 3.63) is 12.8 Å². The molecule has 98 valence electrons. The van der Waals surface area contributed by atoms with Gasteiger partial charge in [0.15, 0.2) is 0 Å². The first kappa shape index (κ1) is 14.2. The average molecular weight is 240 g/mol. The Hall–Kier alpha value is -0.830. The monoisotopic (exact) mass is 240 g/mol. The second-order valence-corrected chi connectivity index (χ2v) is 4.96. The molecule has 3 unspecified atom stereocenters. The molecule has 0 aromatic heterocycles. The third-order valence-corrected chi connectivity index (χ3v) is 3.44. The lowest BCUT2D eigenvalue weighted by Gasteiger charge is -2.32. The Morgan fingerprint density at radius 1 is 1.47 bits per heavy atom. The molecule has 0 aromatic carbocycles. The number of hydrogen-bond acceptors (Lipinski definition) is 3. The third kappa shape index (κ3) is 4.50. The summed E-state index contributed by atoms with van der Waals surface area (Å²) >= 11 is 0. The summed E-state index contributed by atoms with van der Waals surface area (Å²) in [5.74, 6) is 0.746. The minimum absolute atomic E-state index is 0.0198. The first-order chi connectivity index (χ1) is 8.19. The third-order valence-electron chi connectivity index (χ3n) is 3.44. The Morgan fingerprint density at radius 2 is 2.24 bits per heavy atom. The van der Waals surface area contributed by atoms with Gasteiger partial charge in [-0.15, -0.1) is 0 Å². The molecule has 1 aliphatic rings. The molecule has 0 heterocycles. The van der Waals surface area contributed by atoms with Crippen LogP contribution in [0.25, 0.3) is 0 Å². The van der Waals surface area contributed by atoms with E-state index in [9.17, 15) is 4.79 Å². The number of carbonyl (C=O) groups is 1. The van der Waals surface area contributed by atoms with Crippen molar-refractivity contribution in [1.29, 1.82) is 0 Å². The minimum atomic E-state index is -0.142. The molecule has 0 amide bonds. The summed E-state index contributed by atoms with van der Waals surface area (Å²) in [6.07, 6.45) is 5.39. The van der Waals surface area contributed by atoms with E-state index in [-0.39, 0.29) is 11.9 Å². The SMILES string of the molecule is C=COC(=O)C1CC(C)CCC1COCCC. The summed E-state index contributed by atoms with van der Waals surface area (Å²) < 4.78 is 10.5. The molecule has 1 saturated carbocycles. The molecule has 3 nitrogen and oxygen atoms in total. The standard InChI is InChI=1S/C14H24O3/c1-4-8-16-10-12-7-6-11(3)9-13(12)14(15)17-5-2/h5,11-13H,2,4,6-10H2,1,3H3. The molecule has 0 aromatic rings. The van der Waals surface area contributed by atoms with Crippen LogP contribution in [0.4, 0.5) is 0 Å². The van der Waals surface area contributed by atoms with Crippen LogP contribution in [0.5, 0.6) is 0 Å². The van der Waals surface area contributed by atoms with Crippen molar-refractivity contribution >= 4 is 5.97 Å². The van der Waals surface area contributed by atoms with Crippen LogP contribution in [0.1, 0.15) is 39.5 Å². The molecule has 0 saturated heterocycles. The van der Waals surface area contributed by atoms with Gasteiger partial charge in [-0.2, -0.15) is 0 Å². The summed E-state index contributed by atoms with van der Waals surface area (Å²) in [5.41, 5.74) is 0. The fraction of sp³-hybridized carbons (Fsp3) is 0.786. The number of esters is 1. The topological polar surface area (TPSA) is 35.5 Å². The lowest BCUT2D eigenvalue weighted by atomic mass is 9.75. The van der Waals surface area contributed by atoms with Crippen molar-refractivity contribution in [1.82, 2.24) is 0 Å². The smallest absolute Gasteiger partial charge is 0.314 e. The lowest BCUT2D eigenvalue weighted by molar-refractivity contribution is -0.147. The number of ether oxygens (including phenoxy) is 2. The van der Waals surface area contributed by atoms with Crippen molar-refractivity contribution in [2.24, 2.45) is 17.8 Å². The van der Waals surface area contributed by atoms with E-state index in [1.54, 1.807) is 0 Å². The molecule has 0 spiro atoms. The van der Waals surface area contributed by atoms with E-state index in [4.69, 9.17) is 9.47 Å². The molecule has 3 atom stereocenters. The van der Waals surface area contributed by atoms with Gasteiger partial charge >= 0.3 is 5.97 Å². The maximum Gasteiger partial charge on any atom is 0.314 e. The molecule has 0 bridgehead atoms. The Balaban J connectivity index is 2.51. The van der Waals surface area contributed by atoms with Gasteiger partial charge in [0.1, 0.15) is 0 Å². The van der Waals surface area contributed by atoms with E-state index in [1.165, 1.54) is 12.7 Å². The number of hydrogen-bond donors (Lipinski definition) is 0. The summed E-state index contributed by atoms with van der Waals surface area (Å²) in [6, 6.07) is 0. The highest BCUT2D eigenvalue weighted by Crippen LogP contribution is 2.34. The Labute approximate surface area is 104 Å². The Bertz CT molecular complexity index is 250. The number of carbonyl (C=O) groups excluding carboxylic acids is 1. The molecular weight excluding hydrogens is 216 g/mol. The largest absolute Gasteiger partial charge is 0.435 e. The van der Waals surface area contributed by atoms with E-state index in [2.05, 4.69) is 20.4 Å². The van der Waals surface area contributed by atoms with E-state index < -0.39 is 0 Å². The van der Waals surface area contributed by atoms with Crippen molar-refractivity contribution in [2.45, 2.75) is 39.5 Å². The van der Waals surface area contributed by atoms with Crippen LogP contribution in [0, 0.1) is 17.8 Å². The summed E-state index contributed by atoms with van der Waals surface area (Å²) in [7, 11) is 0. The predicted molar refractivity (Wildman–Crippen MR) is 67.4 cm³/mol. The molecule has 0 radical (unpaired) electrons. The molecule has 1 fully saturated rings. The highest BCUT2D eigenvalue weighted by atomic mass is 16.5. The predicted octanol–water partition coefficient (Wildman–Crippen LogP) is 3.15. The van der Waals surface area contributed by atoms with Gasteiger partial charge in [-0.3, -0.25) is 4.79 Å². The highest BCUT2D eigenvalue weighted by molar-refractivity contribution is 5.73. The summed E-state index contributed by atoms with van der Waals surface area (Å²) in [6.45, 7) is 9.17. The van der Waals surface area contributed by atoms with E-state index in [1.807, 2.05) is 0 Å². The summed E-state index contributed by atoms with van der Waals surface area (Å²) in [5, 5.41) is 0. The van der Waals surface area contributed by atoms with Gasteiger partial charge in [0, 0.05) is 6.61 Å². The van der Waals surface area contributed by atoms with Gasteiger partial charge in [0.05, 0.1) is 18.8 Å². The van der Waals surface area contributed by atoms with Crippen molar-refractivity contribution in [3.8, 4) is 0 Å². The highest BCUT2D eigenvalue weighted by Gasteiger charge is 2.34. The zero-order valence-electron chi connectivity index (χ0n) is 11.0. The fourth-order valence-corrected chi connectivity index (χ4v) is 2.48. The van der Waals surface area contributed by atoms with Crippen LogP contribution in [-0.4, -0.2) is 19.2 Å². The molecule has 1 rings (SSSR count). The zero-order chi connectivity index (χ0) is 12.7. The van der Waals surface area contributed by atoms with Gasteiger partial charge < -0.3 is 9.47 Å². The van der Waals surface area contributed by atoms with E-state index >= 15 is 0 Å². The van der Waals surface area contributed by atoms with E-state index in [0.29, 0.717) is 18.4 Å². The van der Waals surface area contributed by atoms with Gasteiger partial charge in [0.2, 0.25) is 0 Å². The summed E-state index contributed by atoms with van der Waals surface area (Å²) in [4.78, 5) is 11.8. The van der Waals surface area contributed by atoms with Crippen LogP contribution in [0.2, 0.25) is 0 Å². The second-order valence-electron chi connectivity index (χ2n) is 4.96. The minimum Gasteiger partial charge on any atom is -0.435 e. The van der Waals surface area contributed by atoms with Crippen LogP contribution in [0.15, 0.2) is 12.8 Å². The van der Waals surface area contributed by atoms with Gasteiger partial charge in [-0.05, 0) is 31.1 Å².